The molecular weight excluding hydrogens is 450 g/mol. The summed E-state index contributed by atoms with van der Waals surface area (Å²) in [7, 11) is -1.50. The van der Waals surface area contributed by atoms with E-state index in [9.17, 15) is 13.2 Å². The van der Waals surface area contributed by atoms with Crippen LogP contribution in [0.15, 0.2) is 36.5 Å². The maximum Gasteiger partial charge on any atom is 0.258 e. The van der Waals surface area contributed by atoms with Gasteiger partial charge in [-0.1, -0.05) is 11.6 Å². The van der Waals surface area contributed by atoms with Crippen molar-refractivity contribution >= 4 is 44.7 Å². The lowest BCUT2D eigenvalue weighted by Crippen LogP contribution is -2.46. The number of amides is 1. The minimum absolute atomic E-state index is 0.277. The standard InChI is InChI=1S/C22H30ClN5O3S/c1-15(2)28-11-9-18(10-12-28)27(3)20-7-6-17(26-32(4,30)31)13-19(20)22(29)25-21-8-5-16(23)14-24-21/h5-8,13-15,18,26H,9-12H2,1-4H3,(H,24,25,29). The van der Waals surface area contributed by atoms with E-state index in [2.05, 4.69) is 38.7 Å². The number of likely N-dealkylation sites (tertiary alicyclic amines) is 1. The van der Waals surface area contributed by atoms with Crippen LogP contribution in [0.3, 0.4) is 0 Å². The molecule has 0 saturated carbocycles. The van der Waals surface area contributed by atoms with Crippen molar-refractivity contribution in [3.05, 3.63) is 47.1 Å². The summed E-state index contributed by atoms with van der Waals surface area (Å²) in [6, 6.07) is 9.06. The number of carbonyl (C=O) groups is 1. The van der Waals surface area contributed by atoms with E-state index in [0.717, 1.165) is 37.9 Å². The van der Waals surface area contributed by atoms with Crippen LogP contribution in [0.5, 0.6) is 0 Å². The molecule has 3 rings (SSSR count). The highest BCUT2D eigenvalue weighted by Crippen LogP contribution is 2.29. The number of nitrogens with zero attached hydrogens (tertiary/aromatic N) is 3. The van der Waals surface area contributed by atoms with Gasteiger partial charge in [0.05, 0.1) is 16.8 Å². The third-order valence-electron chi connectivity index (χ3n) is 5.67. The predicted molar refractivity (Wildman–Crippen MR) is 130 cm³/mol. The fourth-order valence-electron chi connectivity index (χ4n) is 3.92. The van der Waals surface area contributed by atoms with Gasteiger partial charge in [-0.05, 0) is 57.0 Å². The number of anilines is 3. The molecule has 0 atom stereocenters. The minimum Gasteiger partial charge on any atom is -0.371 e. The fourth-order valence-corrected chi connectivity index (χ4v) is 4.59. The highest BCUT2D eigenvalue weighted by molar-refractivity contribution is 7.92. The van der Waals surface area contributed by atoms with Crippen molar-refractivity contribution in [2.75, 3.05) is 41.3 Å². The predicted octanol–water partition coefficient (Wildman–Crippen LogP) is 3.67. The first kappa shape index (κ1) is 24.3. The summed E-state index contributed by atoms with van der Waals surface area (Å²) < 4.78 is 25.9. The quantitative estimate of drug-likeness (QED) is 0.629. The molecule has 1 fully saturated rings. The van der Waals surface area contributed by atoms with Crippen molar-refractivity contribution < 1.29 is 13.2 Å². The number of carbonyl (C=O) groups excluding carboxylic acids is 1. The van der Waals surface area contributed by atoms with Gasteiger partial charge in [0.2, 0.25) is 10.0 Å². The monoisotopic (exact) mass is 479 g/mol. The number of nitrogens with one attached hydrogen (secondary N) is 2. The van der Waals surface area contributed by atoms with Gasteiger partial charge in [-0.3, -0.25) is 9.52 Å². The van der Waals surface area contributed by atoms with Crippen LogP contribution in [0, 0.1) is 0 Å². The van der Waals surface area contributed by atoms with E-state index >= 15 is 0 Å². The molecule has 2 heterocycles. The Bertz CT molecular complexity index is 1050. The van der Waals surface area contributed by atoms with Gasteiger partial charge in [0.1, 0.15) is 5.82 Å². The van der Waals surface area contributed by atoms with Gasteiger partial charge < -0.3 is 15.1 Å². The van der Waals surface area contributed by atoms with Crippen LogP contribution < -0.4 is 14.9 Å². The minimum atomic E-state index is -3.48. The second kappa shape index (κ2) is 10.1. The Morgan fingerprint density at radius 3 is 2.47 bits per heavy atom. The van der Waals surface area contributed by atoms with Crippen LogP contribution in [-0.4, -0.2) is 62.7 Å². The second-order valence-corrected chi connectivity index (χ2v) is 10.6. The molecular formula is C22H30ClN5O3S. The van der Waals surface area contributed by atoms with E-state index in [1.54, 1.807) is 30.3 Å². The van der Waals surface area contributed by atoms with E-state index in [4.69, 9.17) is 11.6 Å². The zero-order valence-electron chi connectivity index (χ0n) is 18.8. The lowest BCUT2D eigenvalue weighted by molar-refractivity contribution is 0.102. The number of hydrogen-bond donors (Lipinski definition) is 2. The van der Waals surface area contributed by atoms with Crippen molar-refractivity contribution in [3.63, 3.8) is 0 Å². The van der Waals surface area contributed by atoms with Crippen LogP contribution in [0.4, 0.5) is 17.2 Å². The largest absolute Gasteiger partial charge is 0.371 e. The molecule has 0 spiro atoms. The number of hydrogen-bond acceptors (Lipinski definition) is 6. The molecule has 32 heavy (non-hydrogen) atoms. The number of pyridine rings is 1. The van der Waals surface area contributed by atoms with Crippen molar-refractivity contribution in [2.24, 2.45) is 0 Å². The summed E-state index contributed by atoms with van der Waals surface area (Å²) in [6.07, 6.45) is 4.50. The molecule has 1 aliphatic heterocycles. The Balaban J connectivity index is 1.88. The Morgan fingerprint density at radius 1 is 1.22 bits per heavy atom. The molecule has 0 radical (unpaired) electrons. The van der Waals surface area contributed by atoms with Gasteiger partial charge in [-0.2, -0.15) is 0 Å². The Kier molecular flexibility index (Phi) is 7.63. The van der Waals surface area contributed by atoms with E-state index in [-0.39, 0.29) is 11.9 Å². The first-order valence-corrected chi connectivity index (χ1v) is 12.8. The third kappa shape index (κ3) is 6.34. The number of halogens is 1. The molecule has 1 aromatic carbocycles. The van der Waals surface area contributed by atoms with Crippen molar-refractivity contribution in [3.8, 4) is 0 Å². The molecule has 174 valence electrons. The molecule has 8 nitrogen and oxygen atoms in total. The van der Waals surface area contributed by atoms with Gasteiger partial charge in [0, 0.05) is 49.8 Å². The molecule has 2 N–H and O–H groups in total. The zero-order valence-corrected chi connectivity index (χ0v) is 20.4. The molecule has 1 amide bonds. The molecule has 10 heteroatoms. The lowest BCUT2D eigenvalue weighted by Gasteiger charge is -2.40. The summed E-state index contributed by atoms with van der Waals surface area (Å²) in [6.45, 7) is 6.39. The molecule has 1 aromatic heterocycles. The smallest absolute Gasteiger partial charge is 0.258 e. The Morgan fingerprint density at radius 2 is 1.91 bits per heavy atom. The maximum atomic E-state index is 13.2. The van der Waals surface area contributed by atoms with E-state index in [0.29, 0.717) is 28.1 Å². The Hall–Kier alpha value is -2.36. The highest BCUT2D eigenvalue weighted by atomic mass is 35.5. The molecule has 0 aliphatic carbocycles. The SMILES string of the molecule is CC(C)N1CCC(N(C)c2ccc(NS(C)(=O)=O)cc2C(=O)Nc2ccc(Cl)cn2)CC1. The molecule has 1 aliphatic rings. The summed E-state index contributed by atoms with van der Waals surface area (Å²) in [5.41, 5.74) is 1.43. The molecule has 2 aromatic rings. The van der Waals surface area contributed by atoms with E-state index in [1.807, 2.05) is 7.05 Å². The van der Waals surface area contributed by atoms with Gasteiger partial charge in [-0.15, -0.1) is 0 Å². The van der Waals surface area contributed by atoms with Crippen molar-refractivity contribution in [1.82, 2.24) is 9.88 Å². The Labute approximate surface area is 195 Å². The lowest BCUT2D eigenvalue weighted by atomic mass is 10.00. The van der Waals surface area contributed by atoms with E-state index in [1.165, 1.54) is 6.20 Å². The van der Waals surface area contributed by atoms with Gasteiger partial charge >= 0.3 is 0 Å². The van der Waals surface area contributed by atoms with E-state index < -0.39 is 10.0 Å². The van der Waals surface area contributed by atoms with Crippen LogP contribution in [-0.2, 0) is 10.0 Å². The fraction of sp³-hybridized carbons (Fsp3) is 0.455. The molecule has 1 saturated heterocycles. The number of benzene rings is 1. The first-order valence-electron chi connectivity index (χ1n) is 10.5. The molecule has 0 unspecified atom stereocenters. The van der Waals surface area contributed by atoms with Crippen LogP contribution in [0.1, 0.15) is 37.0 Å². The number of piperidine rings is 1. The van der Waals surface area contributed by atoms with Crippen LogP contribution in [0.2, 0.25) is 5.02 Å². The summed E-state index contributed by atoms with van der Waals surface area (Å²) in [4.78, 5) is 21.9. The molecule has 0 bridgehead atoms. The summed E-state index contributed by atoms with van der Waals surface area (Å²) in [5.74, 6) is -0.0156. The van der Waals surface area contributed by atoms with Crippen molar-refractivity contribution in [1.29, 1.82) is 0 Å². The zero-order chi connectivity index (χ0) is 23.5. The van der Waals surface area contributed by atoms with Crippen LogP contribution in [0.25, 0.3) is 0 Å². The number of rotatable bonds is 7. The van der Waals surface area contributed by atoms with Crippen molar-refractivity contribution in [2.45, 2.75) is 38.8 Å². The topological polar surface area (TPSA) is 94.6 Å². The first-order chi connectivity index (χ1) is 15.0. The number of aromatic nitrogens is 1. The summed E-state index contributed by atoms with van der Waals surface area (Å²) in [5, 5.41) is 3.24. The average Bonchev–Trinajstić information content (AvgIpc) is 2.73. The normalized spacial score (nSPS) is 15.6. The number of sulfonamides is 1. The average molecular weight is 480 g/mol. The third-order valence-corrected chi connectivity index (χ3v) is 6.50. The highest BCUT2D eigenvalue weighted by Gasteiger charge is 2.26. The van der Waals surface area contributed by atoms with Gasteiger partial charge in [0.15, 0.2) is 0 Å². The van der Waals surface area contributed by atoms with Crippen LogP contribution >= 0.6 is 11.6 Å². The maximum absolute atomic E-state index is 13.2. The van der Waals surface area contributed by atoms with Gasteiger partial charge in [0.25, 0.3) is 5.91 Å². The summed E-state index contributed by atoms with van der Waals surface area (Å²) >= 11 is 5.88. The second-order valence-electron chi connectivity index (χ2n) is 8.39. The van der Waals surface area contributed by atoms with Gasteiger partial charge in [-0.25, -0.2) is 13.4 Å².